The topological polar surface area (TPSA) is 43.8 Å². The number of aryl methyl sites for hydroxylation is 2. The molecule has 2 aromatic rings. The number of hydrogen-bond donors (Lipinski definition) is 1. The summed E-state index contributed by atoms with van der Waals surface area (Å²) < 4.78 is 2.30. The molecule has 0 aliphatic rings. The van der Waals surface area contributed by atoms with E-state index < -0.39 is 0 Å². The maximum atomic E-state index is 5.66. The molecule has 0 unspecified atom stereocenters. The quantitative estimate of drug-likeness (QED) is 0.885. The molecule has 92 valence electrons. The average Bonchev–Trinajstić information content (AvgIpc) is 2.72. The largest absolute Gasteiger partial charge is 0.328 e. The zero-order valence-corrected chi connectivity index (χ0v) is 11.3. The number of rotatable bonds is 5. The molecule has 0 saturated carbocycles. The fraction of sp³-hybridized carbons (Fsp3) is 0.462. The van der Waals surface area contributed by atoms with Gasteiger partial charge in [-0.25, -0.2) is 4.98 Å². The van der Waals surface area contributed by atoms with Gasteiger partial charge in [-0.1, -0.05) is 6.07 Å². The van der Waals surface area contributed by atoms with Crippen molar-refractivity contribution in [2.24, 2.45) is 5.73 Å². The number of benzene rings is 1. The smallest absolute Gasteiger partial charge is 0.110 e. The molecule has 0 atom stereocenters. The summed E-state index contributed by atoms with van der Waals surface area (Å²) in [7, 11) is 0. The van der Waals surface area contributed by atoms with Crippen LogP contribution in [-0.4, -0.2) is 21.6 Å². The zero-order chi connectivity index (χ0) is 12.3. The highest BCUT2D eigenvalue weighted by Gasteiger charge is 2.09. The summed E-state index contributed by atoms with van der Waals surface area (Å²) in [5.74, 6) is 2.30. The lowest BCUT2D eigenvalue weighted by molar-refractivity contribution is 0.728. The molecular weight excluding hydrogens is 230 g/mol. The summed E-state index contributed by atoms with van der Waals surface area (Å²) in [4.78, 5) is 4.72. The van der Waals surface area contributed by atoms with E-state index in [9.17, 15) is 0 Å². The molecule has 0 aliphatic heterocycles. The molecule has 17 heavy (non-hydrogen) atoms. The zero-order valence-electron chi connectivity index (χ0n) is 10.4. The summed E-state index contributed by atoms with van der Waals surface area (Å²) in [6, 6.07) is 6.33. The van der Waals surface area contributed by atoms with Crippen molar-refractivity contribution in [2.45, 2.75) is 26.4 Å². The summed E-state index contributed by atoms with van der Waals surface area (Å²) in [5.41, 5.74) is 9.11. The Bertz CT molecular complexity index is 505. The molecule has 2 rings (SSSR count). The number of imidazole rings is 1. The molecule has 0 fully saturated rings. The molecule has 0 saturated heterocycles. The fourth-order valence-corrected chi connectivity index (χ4v) is 2.48. The molecule has 2 N–H and O–H groups in total. The Balaban J connectivity index is 2.46. The predicted octanol–water partition coefficient (Wildman–Crippen LogP) is 2.42. The van der Waals surface area contributed by atoms with E-state index in [2.05, 4.69) is 35.9 Å². The number of thioether (sulfide) groups is 1. The van der Waals surface area contributed by atoms with Gasteiger partial charge in [0, 0.05) is 25.3 Å². The van der Waals surface area contributed by atoms with Gasteiger partial charge in [-0.2, -0.15) is 11.8 Å². The Morgan fingerprint density at radius 1 is 1.41 bits per heavy atom. The van der Waals surface area contributed by atoms with E-state index in [1.807, 2.05) is 11.8 Å². The molecule has 1 aromatic heterocycles. The number of fused-ring (bicyclic) bond motifs is 1. The second-order valence-electron chi connectivity index (χ2n) is 4.04. The van der Waals surface area contributed by atoms with E-state index in [0.717, 1.165) is 29.8 Å². The van der Waals surface area contributed by atoms with Crippen LogP contribution in [0.25, 0.3) is 11.0 Å². The third-order valence-electron chi connectivity index (χ3n) is 2.97. The van der Waals surface area contributed by atoms with Gasteiger partial charge in [0.05, 0.1) is 11.0 Å². The summed E-state index contributed by atoms with van der Waals surface area (Å²) in [6.07, 6.45) is 3.16. The van der Waals surface area contributed by atoms with Crippen LogP contribution in [0.15, 0.2) is 18.2 Å². The number of aromatic nitrogens is 2. The Morgan fingerprint density at radius 3 is 2.88 bits per heavy atom. The predicted molar refractivity (Wildman–Crippen MR) is 75.4 cm³/mol. The number of hydrogen-bond acceptors (Lipinski definition) is 3. The minimum absolute atomic E-state index is 0.578. The van der Waals surface area contributed by atoms with E-state index in [4.69, 9.17) is 10.7 Å². The molecule has 0 aliphatic carbocycles. The van der Waals surface area contributed by atoms with E-state index in [-0.39, 0.29) is 0 Å². The Labute approximate surface area is 106 Å². The van der Waals surface area contributed by atoms with Crippen molar-refractivity contribution in [3.05, 3.63) is 29.6 Å². The van der Waals surface area contributed by atoms with Crippen LogP contribution in [0.1, 0.15) is 18.3 Å². The lowest BCUT2D eigenvalue weighted by atomic mass is 10.2. The first-order valence-corrected chi connectivity index (χ1v) is 7.36. The Morgan fingerprint density at radius 2 is 2.24 bits per heavy atom. The third kappa shape index (κ3) is 2.48. The maximum absolute atomic E-state index is 5.66. The highest BCUT2D eigenvalue weighted by Crippen LogP contribution is 2.19. The van der Waals surface area contributed by atoms with Crippen molar-refractivity contribution in [1.29, 1.82) is 0 Å². The van der Waals surface area contributed by atoms with Crippen LogP contribution >= 0.6 is 11.8 Å². The SMILES string of the molecule is CCn1c(CCSC)nc2cc(CN)ccc21. The van der Waals surface area contributed by atoms with Gasteiger partial charge in [0.25, 0.3) is 0 Å². The van der Waals surface area contributed by atoms with E-state index in [1.165, 1.54) is 11.3 Å². The maximum Gasteiger partial charge on any atom is 0.110 e. The summed E-state index contributed by atoms with van der Waals surface area (Å²) in [5, 5.41) is 0. The van der Waals surface area contributed by atoms with E-state index in [0.29, 0.717) is 6.54 Å². The number of nitrogens with zero attached hydrogens (tertiary/aromatic N) is 2. The Kier molecular flexibility index (Phi) is 4.07. The van der Waals surface area contributed by atoms with Crippen molar-refractivity contribution >= 4 is 22.8 Å². The highest BCUT2D eigenvalue weighted by molar-refractivity contribution is 7.98. The van der Waals surface area contributed by atoms with Gasteiger partial charge in [-0.15, -0.1) is 0 Å². The summed E-state index contributed by atoms with van der Waals surface area (Å²) in [6.45, 7) is 3.72. The van der Waals surface area contributed by atoms with Crippen molar-refractivity contribution in [3.63, 3.8) is 0 Å². The summed E-state index contributed by atoms with van der Waals surface area (Å²) >= 11 is 1.86. The van der Waals surface area contributed by atoms with Crippen molar-refractivity contribution in [3.8, 4) is 0 Å². The third-order valence-corrected chi connectivity index (χ3v) is 3.59. The molecule has 0 amide bonds. The van der Waals surface area contributed by atoms with Crippen LogP contribution in [0.5, 0.6) is 0 Å². The molecular formula is C13H19N3S. The molecule has 1 heterocycles. The van der Waals surface area contributed by atoms with Crippen molar-refractivity contribution in [1.82, 2.24) is 9.55 Å². The van der Waals surface area contributed by atoms with Gasteiger partial charge < -0.3 is 10.3 Å². The van der Waals surface area contributed by atoms with Crippen LogP contribution < -0.4 is 5.73 Å². The second kappa shape index (κ2) is 5.56. The second-order valence-corrected chi connectivity index (χ2v) is 5.03. The highest BCUT2D eigenvalue weighted by atomic mass is 32.2. The minimum atomic E-state index is 0.578. The van der Waals surface area contributed by atoms with Gasteiger partial charge >= 0.3 is 0 Å². The van der Waals surface area contributed by atoms with Crippen molar-refractivity contribution < 1.29 is 0 Å². The van der Waals surface area contributed by atoms with Crippen LogP contribution in [0.2, 0.25) is 0 Å². The van der Waals surface area contributed by atoms with Crippen molar-refractivity contribution in [2.75, 3.05) is 12.0 Å². The van der Waals surface area contributed by atoms with Crippen LogP contribution in [0.3, 0.4) is 0 Å². The minimum Gasteiger partial charge on any atom is -0.328 e. The molecule has 4 heteroatoms. The monoisotopic (exact) mass is 249 g/mol. The molecule has 0 spiro atoms. The van der Waals surface area contributed by atoms with Gasteiger partial charge in [-0.05, 0) is 30.9 Å². The average molecular weight is 249 g/mol. The van der Waals surface area contributed by atoms with Gasteiger partial charge in [0.1, 0.15) is 5.82 Å². The molecule has 1 aromatic carbocycles. The van der Waals surface area contributed by atoms with E-state index >= 15 is 0 Å². The standard InChI is InChI=1S/C13H19N3S/c1-3-16-12-5-4-10(9-14)8-11(12)15-13(16)6-7-17-2/h4-5,8H,3,6-7,9,14H2,1-2H3. The first-order chi connectivity index (χ1) is 8.30. The normalized spacial score (nSPS) is 11.2. The first-order valence-electron chi connectivity index (χ1n) is 5.97. The number of nitrogens with two attached hydrogens (primary N) is 1. The Hall–Kier alpha value is -1.00. The first kappa shape index (κ1) is 12.5. The van der Waals surface area contributed by atoms with Gasteiger partial charge in [-0.3, -0.25) is 0 Å². The molecule has 3 nitrogen and oxygen atoms in total. The fourth-order valence-electron chi connectivity index (χ4n) is 2.09. The molecule has 0 radical (unpaired) electrons. The van der Waals surface area contributed by atoms with Crippen LogP contribution in [-0.2, 0) is 19.5 Å². The van der Waals surface area contributed by atoms with E-state index in [1.54, 1.807) is 0 Å². The lowest BCUT2D eigenvalue weighted by Crippen LogP contribution is -2.03. The van der Waals surface area contributed by atoms with Crippen LogP contribution in [0.4, 0.5) is 0 Å². The lowest BCUT2D eigenvalue weighted by Gasteiger charge is -2.05. The van der Waals surface area contributed by atoms with Gasteiger partial charge in [0.2, 0.25) is 0 Å². The molecule has 0 bridgehead atoms. The van der Waals surface area contributed by atoms with Crippen LogP contribution in [0, 0.1) is 0 Å². The van der Waals surface area contributed by atoms with Gasteiger partial charge in [0.15, 0.2) is 0 Å².